The maximum absolute atomic E-state index is 5.34. The van der Waals surface area contributed by atoms with Crippen LogP contribution in [0.3, 0.4) is 0 Å². The Bertz CT molecular complexity index is 895. The number of furan rings is 2. The summed E-state index contributed by atoms with van der Waals surface area (Å²) in [6.45, 7) is 0. The van der Waals surface area contributed by atoms with E-state index in [-0.39, 0.29) is 0 Å². The van der Waals surface area contributed by atoms with Crippen molar-refractivity contribution in [3.8, 4) is 23.0 Å². The van der Waals surface area contributed by atoms with Gasteiger partial charge in [0, 0.05) is 7.05 Å². The lowest BCUT2D eigenvalue weighted by Gasteiger charge is -1.99. The summed E-state index contributed by atoms with van der Waals surface area (Å²) in [5.41, 5.74) is 0.757. The molecule has 8 nitrogen and oxygen atoms in total. The Balaban J connectivity index is 1.48. The maximum atomic E-state index is 5.34. The molecule has 0 atom stereocenters. The standard InChI is InChI=1S/C14H11N5O3S/c1-19-12(10-3-2-5-21-10)16-17-14(19)23-8-11-15-13(22-18-11)9-4-6-20-7-9/h2-7H,8H2,1H3. The predicted molar refractivity (Wildman–Crippen MR) is 80.3 cm³/mol. The van der Waals surface area contributed by atoms with Gasteiger partial charge in [0.2, 0.25) is 0 Å². The number of nitrogens with zero attached hydrogens (tertiary/aromatic N) is 5. The highest BCUT2D eigenvalue weighted by molar-refractivity contribution is 7.98. The van der Waals surface area contributed by atoms with Gasteiger partial charge >= 0.3 is 0 Å². The zero-order valence-electron chi connectivity index (χ0n) is 12.0. The Morgan fingerprint density at radius 1 is 1.22 bits per heavy atom. The van der Waals surface area contributed by atoms with Crippen molar-refractivity contribution in [1.29, 1.82) is 0 Å². The van der Waals surface area contributed by atoms with Crippen LogP contribution in [0.5, 0.6) is 0 Å². The van der Waals surface area contributed by atoms with Crippen LogP contribution in [0.4, 0.5) is 0 Å². The first-order chi connectivity index (χ1) is 11.3. The molecule has 0 aliphatic carbocycles. The molecular formula is C14H11N5O3S. The molecular weight excluding hydrogens is 318 g/mol. The summed E-state index contributed by atoms with van der Waals surface area (Å²) in [5, 5.41) is 13.0. The van der Waals surface area contributed by atoms with Gasteiger partial charge < -0.3 is 17.9 Å². The quantitative estimate of drug-likeness (QED) is 0.516. The van der Waals surface area contributed by atoms with E-state index in [4.69, 9.17) is 13.4 Å². The summed E-state index contributed by atoms with van der Waals surface area (Å²) < 4.78 is 17.4. The molecule has 0 saturated carbocycles. The van der Waals surface area contributed by atoms with Gasteiger partial charge in [-0.15, -0.1) is 10.2 Å². The third-order valence-electron chi connectivity index (χ3n) is 3.14. The first-order valence-electron chi connectivity index (χ1n) is 6.72. The van der Waals surface area contributed by atoms with E-state index in [1.165, 1.54) is 11.8 Å². The van der Waals surface area contributed by atoms with E-state index in [1.54, 1.807) is 24.9 Å². The van der Waals surface area contributed by atoms with Crippen molar-refractivity contribution < 1.29 is 13.4 Å². The molecule has 0 spiro atoms. The van der Waals surface area contributed by atoms with E-state index in [9.17, 15) is 0 Å². The van der Waals surface area contributed by atoms with E-state index in [1.807, 2.05) is 23.7 Å². The number of thioether (sulfide) groups is 1. The second kappa shape index (κ2) is 5.76. The summed E-state index contributed by atoms with van der Waals surface area (Å²) in [4.78, 5) is 4.32. The molecule has 0 amide bonds. The van der Waals surface area contributed by atoms with Crippen LogP contribution in [-0.4, -0.2) is 24.9 Å². The van der Waals surface area contributed by atoms with Crippen LogP contribution in [0.2, 0.25) is 0 Å². The minimum atomic E-state index is 0.434. The molecule has 0 aromatic carbocycles. The van der Waals surface area contributed by atoms with E-state index in [2.05, 4.69) is 20.3 Å². The number of rotatable bonds is 5. The molecule has 9 heteroatoms. The van der Waals surface area contributed by atoms with Gasteiger partial charge in [-0.1, -0.05) is 16.9 Å². The summed E-state index contributed by atoms with van der Waals surface area (Å²) in [5.74, 6) is 2.88. The lowest BCUT2D eigenvalue weighted by molar-refractivity contribution is 0.424. The molecule has 4 heterocycles. The van der Waals surface area contributed by atoms with Gasteiger partial charge in [-0.3, -0.25) is 0 Å². The van der Waals surface area contributed by atoms with Gasteiger partial charge in [-0.2, -0.15) is 4.98 Å². The highest BCUT2D eigenvalue weighted by Gasteiger charge is 2.15. The fourth-order valence-corrected chi connectivity index (χ4v) is 2.76. The van der Waals surface area contributed by atoms with Crippen molar-refractivity contribution in [2.24, 2.45) is 7.05 Å². The van der Waals surface area contributed by atoms with Crippen molar-refractivity contribution in [2.75, 3.05) is 0 Å². The van der Waals surface area contributed by atoms with E-state index in [0.717, 1.165) is 10.7 Å². The monoisotopic (exact) mass is 329 g/mol. The molecule has 0 N–H and O–H groups in total. The van der Waals surface area contributed by atoms with Crippen molar-refractivity contribution in [3.63, 3.8) is 0 Å². The average molecular weight is 329 g/mol. The largest absolute Gasteiger partial charge is 0.472 e. The zero-order valence-corrected chi connectivity index (χ0v) is 12.9. The molecule has 0 unspecified atom stereocenters. The predicted octanol–water partition coefficient (Wildman–Crippen LogP) is 3.01. The lowest BCUT2D eigenvalue weighted by Crippen LogP contribution is -1.94. The Hall–Kier alpha value is -2.81. The Morgan fingerprint density at radius 2 is 2.17 bits per heavy atom. The molecule has 23 heavy (non-hydrogen) atoms. The van der Waals surface area contributed by atoms with Crippen molar-refractivity contribution in [2.45, 2.75) is 10.9 Å². The second-order valence-electron chi connectivity index (χ2n) is 4.66. The Morgan fingerprint density at radius 3 is 2.96 bits per heavy atom. The zero-order chi connectivity index (χ0) is 15.6. The maximum Gasteiger partial charge on any atom is 0.261 e. The van der Waals surface area contributed by atoms with Crippen LogP contribution < -0.4 is 0 Å². The SMILES string of the molecule is Cn1c(SCc2noc(-c3ccoc3)n2)nnc1-c1ccco1. The Kier molecular flexibility index (Phi) is 3.46. The van der Waals surface area contributed by atoms with E-state index < -0.39 is 0 Å². The van der Waals surface area contributed by atoms with Gasteiger partial charge in [0.15, 0.2) is 22.6 Å². The van der Waals surface area contributed by atoms with Crippen LogP contribution in [0.1, 0.15) is 5.82 Å². The summed E-state index contributed by atoms with van der Waals surface area (Å²) in [7, 11) is 1.88. The minimum absolute atomic E-state index is 0.434. The summed E-state index contributed by atoms with van der Waals surface area (Å²) in [6.07, 6.45) is 4.72. The first kappa shape index (κ1) is 13.8. The number of aromatic nitrogens is 5. The molecule has 0 fully saturated rings. The summed E-state index contributed by atoms with van der Waals surface area (Å²) >= 11 is 1.47. The average Bonchev–Trinajstić information content (AvgIpc) is 3.33. The van der Waals surface area contributed by atoms with Gasteiger partial charge in [0.25, 0.3) is 5.89 Å². The minimum Gasteiger partial charge on any atom is -0.472 e. The molecule has 4 rings (SSSR count). The first-order valence-corrected chi connectivity index (χ1v) is 7.71. The van der Waals surface area contributed by atoms with Crippen LogP contribution in [0.25, 0.3) is 23.0 Å². The molecule has 0 aliphatic heterocycles. The lowest BCUT2D eigenvalue weighted by atomic mass is 10.3. The third kappa shape index (κ3) is 2.66. The van der Waals surface area contributed by atoms with Crippen molar-refractivity contribution in [1.82, 2.24) is 24.9 Å². The molecule has 0 saturated heterocycles. The van der Waals surface area contributed by atoms with E-state index in [0.29, 0.717) is 29.1 Å². The molecule has 0 bridgehead atoms. The molecule has 0 aliphatic rings. The number of hydrogen-bond donors (Lipinski definition) is 0. The normalized spacial score (nSPS) is 11.2. The molecule has 4 aromatic rings. The molecule has 116 valence electrons. The fourth-order valence-electron chi connectivity index (χ4n) is 2.01. The number of hydrogen-bond acceptors (Lipinski definition) is 8. The van der Waals surface area contributed by atoms with Crippen LogP contribution in [0.15, 0.2) is 55.5 Å². The highest BCUT2D eigenvalue weighted by Crippen LogP contribution is 2.25. The van der Waals surface area contributed by atoms with Gasteiger partial charge in [-0.05, 0) is 18.2 Å². The van der Waals surface area contributed by atoms with Crippen LogP contribution >= 0.6 is 11.8 Å². The summed E-state index contributed by atoms with van der Waals surface area (Å²) in [6, 6.07) is 5.42. The second-order valence-corrected chi connectivity index (χ2v) is 5.60. The highest BCUT2D eigenvalue weighted by atomic mass is 32.2. The smallest absolute Gasteiger partial charge is 0.261 e. The fraction of sp³-hybridized carbons (Fsp3) is 0.143. The molecule has 4 aromatic heterocycles. The topological polar surface area (TPSA) is 95.9 Å². The Labute approximate surface area is 134 Å². The van der Waals surface area contributed by atoms with Crippen LogP contribution in [-0.2, 0) is 12.8 Å². The van der Waals surface area contributed by atoms with Crippen LogP contribution in [0, 0.1) is 0 Å². The van der Waals surface area contributed by atoms with Crippen molar-refractivity contribution >= 4 is 11.8 Å². The van der Waals surface area contributed by atoms with Crippen molar-refractivity contribution in [3.05, 3.63) is 42.8 Å². The van der Waals surface area contributed by atoms with Gasteiger partial charge in [-0.25, -0.2) is 0 Å². The molecule has 0 radical (unpaired) electrons. The van der Waals surface area contributed by atoms with E-state index >= 15 is 0 Å². The third-order valence-corrected chi connectivity index (χ3v) is 4.16. The van der Waals surface area contributed by atoms with Gasteiger partial charge in [0.1, 0.15) is 6.26 Å². The van der Waals surface area contributed by atoms with Gasteiger partial charge in [0.05, 0.1) is 23.8 Å².